The largest absolute Gasteiger partial charge is 0.456 e. The van der Waals surface area contributed by atoms with Gasteiger partial charge in [-0.05, 0) is 87.8 Å². The SMILES string of the molecule is c1ccc(-c2ccc3c(c2)oc2cc(N(c4cccc5ccccc45)c4ccc(-c5ccccc5)c5oc6cc(-c7ccccc7)ccc6c45)ccc23)cc1. The maximum absolute atomic E-state index is 6.96. The molecule has 258 valence electrons. The molecule has 11 aromatic rings. The molecule has 0 radical (unpaired) electrons. The molecule has 0 amide bonds. The highest BCUT2D eigenvalue weighted by Gasteiger charge is 2.24. The second-order valence-electron chi connectivity index (χ2n) is 14.1. The Kier molecular flexibility index (Phi) is 7.17. The summed E-state index contributed by atoms with van der Waals surface area (Å²) < 4.78 is 13.7. The first-order chi connectivity index (χ1) is 27.3. The second-order valence-corrected chi connectivity index (χ2v) is 14.1. The van der Waals surface area contributed by atoms with Crippen LogP contribution in [-0.4, -0.2) is 0 Å². The minimum absolute atomic E-state index is 0.838. The number of hydrogen-bond acceptors (Lipinski definition) is 3. The molecule has 2 aromatic heterocycles. The first-order valence-electron chi connectivity index (χ1n) is 18.7. The number of rotatable bonds is 6. The summed E-state index contributed by atoms with van der Waals surface area (Å²) in [5.41, 5.74) is 13.2. The zero-order valence-electron chi connectivity index (χ0n) is 29.8. The van der Waals surface area contributed by atoms with Crippen LogP contribution >= 0.6 is 0 Å². The standard InChI is InChI=1S/C52H33NO2/c1-4-13-34(14-5-1)38-23-26-43-44-28-25-40(33-50(44)54-48(43)31-38)53(46-22-12-20-36-19-10-11-21-41(36)46)47-30-29-42(37-17-8-3-9-18-37)52-51(47)45-27-24-39(32-49(45)55-52)35-15-6-2-7-16-35/h1-33H. The summed E-state index contributed by atoms with van der Waals surface area (Å²) in [4.78, 5) is 2.38. The molecule has 0 unspecified atom stereocenters. The molecule has 0 aliphatic rings. The van der Waals surface area contributed by atoms with Gasteiger partial charge in [0.15, 0.2) is 0 Å². The summed E-state index contributed by atoms with van der Waals surface area (Å²) in [7, 11) is 0. The highest BCUT2D eigenvalue weighted by Crippen LogP contribution is 2.48. The molecule has 0 atom stereocenters. The van der Waals surface area contributed by atoms with Crippen LogP contribution < -0.4 is 4.90 Å². The van der Waals surface area contributed by atoms with Gasteiger partial charge >= 0.3 is 0 Å². The van der Waals surface area contributed by atoms with Crippen molar-refractivity contribution in [1.82, 2.24) is 0 Å². The number of benzene rings is 9. The lowest BCUT2D eigenvalue weighted by atomic mass is 9.98. The molecule has 9 aromatic carbocycles. The molecule has 0 saturated carbocycles. The predicted octanol–water partition coefficient (Wildman–Crippen LogP) is 15.1. The number of furan rings is 2. The zero-order valence-corrected chi connectivity index (χ0v) is 29.8. The summed E-state index contributed by atoms with van der Waals surface area (Å²) in [6.07, 6.45) is 0. The maximum atomic E-state index is 6.96. The van der Waals surface area contributed by atoms with E-state index in [9.17, 15) is 0 Å². The minimum atomic E-state index is 0.838. The molecule has 0 aliphatic carbocycles. The van der Waals surface area contributed by atoms with Crippen LogP contribution in [-0.2, 0) is 0 Å². The van der Waals surface area contributed by atoms with E-state index in [-0.39, 0.29) is 0 Å². The fraction of sp³-hybridized carbons (Fsp3) is 0. The summed E-state index contributed by atoms with van der Waals surface area (Å²) in [5.74, 6) is 0. The monoisotopic (exact) mass is 703 g/mol. The first-order valence-corrected chi connectivity index (χ1v) is 18.7. The van der Waals surface area contributed by atoms with E-state index in [1.807, 2.05) is 12.1 Å². The van der Waals surface area contributed by atoms with Gasteiger partial charge < -0.3 is 13.7 Å². The van der Waals surface area contributed by atoms with Gasteiger partial charge in [0.25, 0.3) is 0 Å². The third-order valence-electron chi connectivity index (χ3n) is 10.9. The van der Waals surface area contributed by atoms with Crippen molar-refractivity contribution in [2.75, 3.05) is 4.90 Å². The van der Waals surface area contributed by atoms with Crippen molar-refractivity contribution in [2.45, 2.75) is 0 Å². The molecule has 0 spiro atoms. The Labute approximate surface area is 317 Å². The van der Waals surface area contributed by atoms with Crippen LogP contribution in [0.25, 0.3) is 88.0 Å². The Hall–Kier alpha value is -7.36. The molecule has 3 heteroatoms. The topological polar surface area (TPSA) is 29.5 Å². The van der Waals surface area contributed by atoms with E-state index in [2.05, 4.69) is 193 Å². The van der Waals surface area contributed by atoms with Gasteiger partial charge in [-0.3, -0.25) is 0 Å². The van der Waals surface area contributed by atoms with Crippen molar-refractivity contribution in [3.8, 4) is 33.4 Å². The Morgan fingerprint density at radius 3 is 1.60 bits per heavy atom. The lowest BCUT2D eigenvalue weighted by Gasteiger charge is -2.28. The minimum Gasteiger partial charge on any atom is -0.456 e. The zero-order chi connectivity index (χ0) is 36.3. The van der Waals surface area contributed by atoms with E-state index in [0.717, 1.165) is 94.1 Å². The van der Waals surface area contributed by atoms with Crippen LogP contribution in [0, 0.1) is 0 Å². The highest BCUT2D eigenvalue weighted by atomic mass is 16.3. The number of anilines is 3. The smallest absolute Gasteiger partial charge is 0.145 e. The molecule has 0 aliphatic heterocycles. The van der Waals surface area contributed by atoms with Crippen LogP contribution in [0.15, 0.2) is 209 Å². The highest BCUT2D eigenvalue weighted by molar-refractivity contribution is 6.19. The van der Waals surface area contributed by atoms with Gasteiger partial charge in [0.1, 0.15) is 22.3 Å². The third-order valence-corrected chi connectivity index (χ3v) is 10.9. The molecule has 11 rings (SSSR count). The number of hydrogen-bond donors (Lipinski definition) is 0. The van der Waals surface area contributed by atoms with Gasteiger partial charge in [-0.2, -0.15) is 0 Å². The number of nitrogens with zero attached hydrogens (tertiary/aromatic N) is 1. The Morgan fingerprint density at radius 2 is 0.891 bits per heavy atom. The summed E-state index contributed by atoms with van der Waals surface area (Å²) in [6.45, 7) is 0. The second kappa shape index (κ2) is 12.6. The fourth-order valence-electron chi connectivity index (χ4n) is 8.23. The average molecular weight is 704 g/mol. The number of fused-ring (bicyclic) bond motifs is 7. The average Bonchev–Trinajstić information content (AvgIpc) is 3.83. The fourth-order valence-corrected chi connectivity index (χ4v) is 8.23. The predicted molar refractivity (Wildman–Crippen MR) is 229 cm³/mol. The van der Waals surface area contributed by atoms with Gasteiger partial charge in [-0.25, -0.2) is 0 Å². The van der Waals surface area contributed by atoms with Gasteiger partial charge in [-0.1, -0.05) is 140 Å². The maximum Gasteiger partial charge on any atom is 0.145 e. The van der Waals surface area contributed by atoms with Crippen molar-refractivity contribution >= 4 is 71.7 Å². The molecule has 3 nitrogen and oxygen atoms in total. The Morgan fingerprint density at radius 1 is 0.327 bits per heavy atom. The molecule has 0 bridgehead atoms. The van der Waals surface area contributed by atoms with E-state index in [0.29, 0.717) is 0 Å². The molecular weight excluding hydrogens is 671 g/mol. The van der Waals surface area contributed by atoms with Gasteiger partial charge in [0.2, 0.25) is 0 Å². The van der Waals surface area contributed by atoms with Gasteiger partial charge in [-0.15, -0.1) is 0 Å². The lowest BCUT2D eigenvalue weighted by molar-refractivity contribution is 0.669. The van der Waals surface area contributed by atoms with E-state index < -0.39 is 0 Å². The normalized spacial score (nSPS) is 11.6. The summed E-state index contributed by atoms with van der Waals surface area (Å²) in [6, 6.07) is 70.8. The third kappa shape index (κ3) is 5.20. The van der Waals surface area contributed by atoms with Crippen LogP contribution in [0.4, 0.5) is 17.1 Å². The molecule has 0 fully saturated rings. The Bertz CT molecular complexity index is 3190. The van der Waals surface area contributed by atoms with Gasteiger partial charge in [0, 0.05) is 38.9 Å². The quantitative estimate of drug-likeness (QED) is 0.173. The van der Waals surface area contributed by atoms with Crippen molar-refractivity contribution in [1.29, 1.82) is 0 Å². The van der Waals surface area contributed by atoms with Crippen LogP contribution in [0.1, 0.15) is 0 Å². The molecule has 2 heterocycles. The van der Waals surface area contributed by atoms with Crippen molar-refractivity contribution in [3.05, 3.63) is 200 Å². The van der Waals surface area contributed by atoms with E-state index >= 15 is 0 Å². The molecule has 55 heavy (non-hydrogen) atoms. The van der Waals surface area contributed by atoms with E-state index in [1.165, 1.54) is 10.9 Å². The van der Waals surface area contributed by atoms with Crippen molar-refractivity contribution in [2.24, 2.45) is 0 Å². The van der Waals surface area contributed by atoms with Crippen LogP contribution in [0.2, 0.25) is 0 Å². The first kappa shape index (κ1) is 31.2. The van der Waals surface area contributed by atoms with Crippen molar-refractivity contribution in [3.63, 3.8) is 0 Å². The Balaban J connectivity index is 1.18. The molecule has 0 saturated heterocycles. The molecule has 0 N–H and O–H groups in total. The summed E-state index contributed by atoms with van der Waals surface area (Å²) >= 11 is 0. The lowest BCUT2D eigenvalue weighted by Crippen LogP contribution is -2.11. The van der Waals surface area contributed by atoms with E-state index in [4.69, 9.17) is 8.83 Å². The van der Waals surface area contributed by atoms with Crippen LogP contribution in [0.3, 0.4) is 0 Å². The van der Waals surface area contributed by atoms with Crippen LogP contribution in [0.5, 0.6) is 0 Å². The van der Waals surface area contributed by atoms with Crippen molar-refractivity contribution < 1.29 is 8.83 Å². The molecular formula is C52H33NO2. The van der Waals surface area contributed by atoms with Gasteiger partial charge in [0.05, 0.1) is 16.8 Å². The van der Waals surface area contributed by atoms with E-state index in [1.54, 1.807) is 0 Å². The summed E-state index contributed by atoms with van der Waals surface area (Å²) in [5, 5.41) is 6.63.